The summed E-state index contributed by atoms with van der Waals surface area (Å²) in [5.41, 5.74) is -3.04. The standard InChI is InChI=1S/C24H27N3O12/c1-5-34-21(30)15-18(28)24(26-25-15,22(31)35-6-2)19-17-16(38-23(3,4)39-17)14(37-19)11-36-20(29)12-7-9-13(10-8-12)27(32)33/h7-10,14,16-17,19,28H,5-6,11H2,1-4H3/t14-,16-,17-,19+,24?/m1/s1. The second-order valence-corrected chi connectivity index (χ2v) is 9.17. The summed E-state index contributed by atoms with van der Waals surface area (Å²) < 4.78 is 33.5. The fourth-order valence-corrected chi connectivity index (χ4v) is 4.54. The molecule has 0 amide bonds. The molecule has 1 aromatic rings. The number of hydrogen-bond donors (Lipinski definition) is 1. The fourth-order valence-electron chi connectivity index (χ4n) is 4.54. The Morgan fingerprint density at radius 3 is 2.28 bits per heavy atom. The number of non-ortho nitro benzene ring substituents is 1. The van der Waals surface area contributed by atoms with Crippen LogP contribution in [-0.2, 0) is 38.0 Å². The normalized spacial score (nSPS) is 28.7. The summed E-state index contributed by atoms with van der Waals surface area (Å²) in [4.78, 5) is 48.5. The van der Waals surface area contributed by atoms with Crippen molar-refractivity contribution in [3.05, 3.63) is 51.4 Å². The number of benzene rings is 1. The first-order valence-electron chi connectivity index (χ1n) is 12.1. The minimum Gasteiger partial charge on any atom is -0.507 e. The lowest BCUT2D eigenvalue weighted by molar-refractivity contribution is -0.384. The molecule has 3 aliphatic rings. The molecule has 3 heterocycles. The average Bonchev–Trinajstić information content (AvgIpc) is 3.51. The molecule has 4 rings (SSSR count). The SMILES string of the molecule is CCOC(=O)C1=C(O)C(C(=O)OCC)([C@H]2O[C@H](COC(=O)c3ccc([N+](=O)[O-])cc3)[C@H]3OC(C)(C)O[C@H]32)N=N1. The molecule has 0 spiro atoms. The maximum absolute atomic E-state index is 13.2. The minimum atomic E-state index is -2.32. The zero-order chi connectivity index (χ0) is 28.5. The first-order chi connectivity index (χ1) is 18.4. The van der Waals surface area contributed by atoms with E-state index >= 15 is 0 Å². The van der Waals surface area contributed by atoms with Crippen molar-refractivity contribution < 1.29 is 52.8 Å². The number of esters is 3. The monoisotopic (exact) mass is 549 g/mol. The molecule has 0 bridgehead atoms. The molecule has 0 aromatic heterocycles. The number of fused-ring (bicyclic) bond motifs is 1. The van der Waals surface area contributed by atoms with Crippen LogP contribution in [0.3, 0.4) is 0 Å². The Balaban J connectivity index is 1.62. The fraction of sp³-hybridized carbons (Fsp3) is 0.542. The predicted octanol–water partition coefficient (Wildman–Crippen LogP) is 2.14. The van der Waals surface area contributed by atoms with Crippen LogP contribution in [0.2, 0.25) is 0 Å². The van der Waals surface area contributed by atoms with Gasteiger partial charge in [-0.25, -0.2) is 14.4 Å². The summed E-state index contributed by atoms with van der Waals surface area (Å²) in [6.45, 7) is 5.86. The number of carbonyl (C=O) groups excluding carboxylic acids is 3. The highest BCUT2D eigenvalue weighted by atomic mass is 16.8. The first kappa shape index (κ1) is 28.1. The lowest BCUT2D eigenvalue weighted by Gasteiger charge is -2.32. The summed E-state index contributed by atoms with van der Waals surface area (Å²) in [6, 6.07) is 4.81. The number of ether oxygens (including phenoxy) is 6. The van der Waals surface area contributed by atoms with Gasteiger partial charge in [-0.05, 0) is 39.8 Å². The highest BCUT2D eigenvalue weighted by Gasteiger charge is 2.68. The van der Waals surface area contributed by atoms with Crippen molar-refractivity contribution in [1.82, 2.24) is 0 Å². The second kappa shape index (κ2) is 10.7. The van der Waals surface area contributed by atoms with Crippen LogP contribution in [0.5, 0.6) is 0 Å². The molecule has 1 aromatic carbocycles. The van der Waals surface area contributed by atoms with Crippen molar-refractivity contribution in [2.24, 2.45) is 10.2 Å². The number of nitro groups is 1. The van der Waals surface area contributed by atoms with E-state index in [1.165, 1.54) is 12.1 Å². The van der Waals surface area contributed by atoms with Gasteiger partial charge in [-0.3, -0.25) is 10.1 Å². The Hall–Kier alpha value is -3.95. The van der Waals surface area contributed by atoms with Gasteiger partial charge >= 0.3 is 17.9 Å². The van der Waals surface area contributed by atoms with Gasteiger partial charge in [0.25, 0.3) is 11.2 Å². The number of carbonyl (C=O) groups is 3. The lowest BCUT2D eigenvalue weighted by atomic mass is 9.86. The predicted molar refractivity (Wildman–Crippen MR) is 126 cm³/mol. The van der Waals surface area contributed by atoms with E-state index in [4.69, 9.17) is 28.4 Å². The van der Waals surface area contributed by atoms with Crippen LogP contribution < -0.4 is 0 Å². The Labute approximate surface area is 221 Å². The molecule has 0 aliphatic carbocycles. The zero-order valence-electron chi connectivity index (χ0n) is 21.5. The maximum atomic E-state index is 13.2. The van der Waals surface area contributed by atoms with Gasteiger partial charge in [-0.1, -0.05) is 0 Å². The van der Waals surface area contributed by atoms with Gasteiger partial charge in [0, 0.05) is 12.1 Å². The van der Waals surface area contributed by atoms with Crippen LogP contribution in [0.25, 0.3) is 0 Å². The van der Waals surface area contributed by atoms with E-state index in [0.717, 1.165) is 12.1 Å². The van der Waals surface area contributed by atoms with E-state index in [9.17, 15) is 29.6 Å². The van der Waals surface area contributed by atoms with Gasteiger partial charge in [0.2, 0.25) is 5.70 Å². The zero-order valence-corrected chi connectivity index (χ0v) is 21.5. The van der Waals surface area contributed by atoms with Crippen molar-refractivity contribution in [3.8, 4) is 0 Å². The average molecular weight is 549 g/mol. The van der Waals surface area contributed by atoms with Crippen molar-refractivity contribution in [1.29, 1.82) is 0 Å². The van der Waals surface area contributed by atoms with Gasteiger partial charge in [0.15, 0.2) is 11.5 Å². The van der Waals surface area contributed by atoms with E-state index in [-0.39, 0.29) is 31.1 Å². The molecule has 0 saturated carbocycles. The summed E-state index contributed by atoms with van der Waals surface area (Å²) in [6.07, 6.45) is -4.34. The molecule has 1 unspecified atom stereocenters. The van der Waals surface area contributed by atoms with Gasteiger partial charge in [0.05, 0.1) is 23.7 Å². The van der Waals surface area contributed by atoms with Gasteiger partial charge in [-0.15, -0.1) is 5.11 Å². The van der Waals surface area contributed by atoms with Crippen LogP contribution >= 0.6 is 0 Å². The van der Waals surface area contributed by atoms with Crippen LogP contribution in [-0.4, -0.2) is 83.5 Å². The lowest BCUT2D eigenvalue weighted by Crippen LogP contribution is -2.55. The smallest absolute Gasteiger partial charge is 0.362 e. The molecule has 3 aliphatic heterocycles. The van der Waals surface area contributed by atoms with E-state index in [2.05, 4.69) is 10.2 Å². The largest absolute Gasteiger partial charge is 0.507 e. The molecular formula is C24H27N3O12. The summed E-state index contributed by atoms with van der Waals surface area (Å²) >= 11 is 0. The summed E-state index contributed by atoms with van der Waals surface area (Å²) in [7, 11) is 0. The first-order valence-corrected chi connectivity index (χ1v) is 12.1. The molecule has 15 heteroatoms. The van der Waals surface area contributed by atoms with Crippen molar-refractivity contribution in [2.45, 2.75) is 63.4 Å². The van der Waals surface area contributed by atoms with Crippen molar-refractivity contribution >= 4 is 23.6 Å². The van der Waals surface area contributed by atoms with Crippen molar-refractivity contribution in [3.63, 3.8) is 0 Å². The Bertz CT molecular complexity index is 1230. The van der Waals surface area contributed by atoms with Crippen molar-refractivity contribution in [2.75, 3.05) is 19.8 Å². The second-order valence-electron chi connectivity index (χ2n) is 9.17. The molecule has 210 valence electrons. The molecule has 1 N–H and O–H groups in total. The number of aliphatic hydroxyl groups is 1. The van der Waals surface area contributed by atoms with Crippen LogP contribution in [0.4, 0.5) is 5.69 Å². The molecule has 2 fully saturated rings. The summed E-state index contributed by atoms with van der Waals surface area (Å²) in [5, 5.41) is 29.6. The number of rotatable bonds is 9. The molecule has 15 nitrogen and oxygen atoms in total. The molecule has 0 radical (unpaired) electrons. The van der Waals surface area contributed by atoms with E-state index in [1.807, 2.05) is 0 Å². The van der Waals surface area contributed by atoms with E-state index in [0.29, 0.717) is 0 Å². The highest BCUT2D eigenvalue weighted by molar-refractivity contribution is 5.95. The number of aliphatic hydroxyl groups excluding tert-OH is 1. The highest BCUT2D eigenvalue weighted by Crippen LogP contribution is 2.48. The topological polar surface area (TPSA) is 195 Å². The van der Waals surface area contributed by atoms with Gasteiger partial charge in [0.1, 0.15) is 31.0 Å². The molecule has 39 heavy (non-hydrogen) atoms. The van der Waals surface area contributed by atoms with Gasteiger partial charge in [-0.2, -0.15) is 5.11 Å². The third-order valence-electron chi connectivity index (χ3n) is 6.20. The molecule has 5 atom stereocenters. The number of nitro benzene ring substituents is 1. The van der Waals surface area contributed by atoms with Crippen LogP contribution in [0, 0.1) is 10.1 Å². The number of hydrogen-bond acceptors (Lipinski definition) is 14. The third-order valence-corrected chi connectivity index (χ3v) is 6.20. The van der Waals surface area contributed by atoms with Gasteiger partial charge < -0.3 is 33.5 Å². The van der Waals surface area contributed by atoms with Crippen LogP contribution in [0.15, 0.2) is 46.0 Å². The quantitative estimate of drug-likeness (QED) is 0.204. The van der Waals surface area contributed by atoms with E-state index in [1.54, 1.807) is 27.7 Å². The minimum absolute atomic E-state index is 0.0183. The third kappa shape index (κ3) is 5.07. The Morgan fingerprint density at radius 1 is 1.03 bits per heavy atom. The molecular weight excluding hydrogens is 522 g/mol. The number of nitrogens with zero attached hydrogens (tertiary/aromatic N) is 3. The number of azo groups is 1. The Kier molecular flexibility index (Phi) is 7.68. The summed E-state index contributed by atoms with van der Waals surface area (Å²) in [5.74, 6) is -4.84. The van der Waals surface area contributed by atoms with E-state index < -0.39 is 70.0 Å². The molecule has 2 saturated heterocycles. The van der Waals surface area contributed by atoms with Crippen LogP contribution in [0.1, 0.15) is 38.1 Å². The Morgan fingerprint density at radius 2 is 1.67 bits per heavy atom. The maximum Gasteiger partial charge on any atom is 0.362 e.